The summed E-state index contributed by atoms with van der Waals surface area (Å²) in [6.45, 7) is 5.93. The van der Waals surface area contributed by atoms with Crippen molar-refractivity contribution < 1.29 is 9.53 Å². The number of ether oxygens (including phenoxy) is 1. The molecule has 0 saturated carbocycles. The van der Waals surface area contributed by atoms with Crippen molar-refractivity contribution in [2.75, 3.05) is 6.61 Å². The standard InChI is InChI=1S/C23H22N2O2/c1-4-27-23(26)21-17(3)24-20(15-12-18-8-6-5-7-9-18)25-22(21)19-13-10-16(2)11-14-19/h5-15H,4H2,1-3H3/b15-12+. The molecule has 3 rings (SSSR count). The van der Waals surface area contributed by atoms with Crippen molar-refractivity contribution in [3.63, 3.8) is 0 Å². The summed E-state index contributed by atoms with van der Waals surface area (Å²) < 4.78 is 5.23. The van der Waals surface area contributed by atoms with Crippen LogP contribution in [0.3, 0.4) is 0 Å². The highest BCUT2D eigenvalue weighted by Crippen LogP contribution is 2.25. The largest absolute Gasteiger partial charge is 0.462 e. The molecule has 0 saturated heterocycles. The number of carbonyl (C=O) groups excluding carboxylic acids is 1. The van der Waals surface area contributed by atoms with Crippen LogP contribution in [-0.4, -0.2) is 22.5 Å². The van der Waals surface area contributed by atoms with Gasteiger partial charge < -0.3 is 4.74 Å². The number of nitrogens with zero attached hydrogens (tertiary/aromatic N) is 2. The predicted molar refractivity (Wildman–Crippen MR) is 108 cm³/mol. The van der Waals surface area contributed by atoms with E-state index in [1.165, 1.54) is 0 Å². The van der Waals surface area contributed by atoms with Gasteiger partial charge in [-0.05, 0) is 32.4 Å². The van der Waals surface area contributed by atoms with Gasteiger partial charge in [0.2, 0.25) is 0 Å². The van der Waals surface area contributed by atoms with Crippen LogP contribution < -0.4 is 0 Å². The molecule has 0 atom stereocenters. The van der Waals surface area contributed by atoms with E-state index in [4.69, 9.17) is 4.74 Å². The minimum atomic E-state index is -0.399. The first-order valence-electron chi connectivity index (χ1n) is 8.94. The topological polar surface area (TPSA) is 52.1 Å². The average Bonchev–Trinajstić information content (AvgIpc) is 2.67. The van der Waals surface area contributed by atoms with Gasteiger partial charge in [0, 0.05) is 5.56 Å². The second-order valence-electron chi connectivity index (χ2n) is 6.22. The van der Waals surface area contributed by atoms with Gasteiger partial charge in [-0.3, -0.25) is 0 Å². The van der Waals surface area contributed by atoms with E-state index in [1.54, 1.807) is 6.92 Å². The van der Waals surface area contributed by atoms with E-state index in [1.807, 2.05) is 80.6 Å². The first-order valence-corrected chi connectivity index (χ1v) is 8.94. The molecule has 4 heteroatoms. The molecule has 0 N–H and O–H groups in total. The average molecular weight is 358 g/mol. The van der Waals surface area contributed by atoms with E-state index in [-0.39, 0.29) is 0 Å². The molecule has 0 amide bonds. The fraction of sp³-hybridized carbons (Fsp3) is 0.174. The van der Waals surface area contributed by atoms with Gasteiger partial charge in [-0.15, -0.1) is 0 Å². The van der Waals surface area contributed by atoms with Gasteiger partial charge in [-0.25, -0.2) is 14.8 Å². The Morgan fingerprint density at radius 1 is 0.963 bits per heavy atom. The number of hydrogen-bond donors (Lipinski definition) is 0. The number of esters is 1. The molecule has 0 fully saturated rings. The molecule has 0 radical (unpaired) electrons. The lowest BCUT2D eigenvalue weighted by atomic mass is 10.0. The molecule has 27 heavy (non-hydrogen) atoms. The summed E-state index contributed by atoms with van der Waals surface area (Å²) in [5.74, 6) is 0.157. The van der Waals surface area contributed by atoms with E-state index >= 15 is 0 Å². The third kappa shape index (κ3) is 4.47. The van der Waals surface area contributed by atoms with E-state index < -0.39 is 5.97 Å². The van der Waals surface area contributed by atoms with Crippen LogP contribution in [0.5, 0.6) is 0 Å². The Balaban J connectivity index is 2.08. The molecule has 0 unspecified atom stereocenters. The predicted octanol–water partition coefficient (Wildman–Crippen LogP) is 5.11. The Morgan fingerprint density at radius 2 is 1.67 bits per heavy atom. The molecule has 0 aliphatic heterocycles. The van der Waals surface area contributed by atoms with Crippen LogP contribution in [-0.2, 0) is 4.74 Å². The molecule has 4 nitrogen and oxygen atoms in total. The van der Waals surface area contributed by atoms with Gasteiger partial charge in [0.25, 0.3) is 0 Å². The maximum atomic E-state index is 12.5. The van der Waals surface area contributed by atoms with Crippen LogP contribution >= 0.6 is 0 Å². The van der Waals surface area contributed by atoms with Gasteiger partial charge in [0.05, 0.1) is 18.0 Å². The summed E-state index contributed by atoms with van der Waals surface area (Å²) >= 11 is 0. The van der Waals surface area contributed by atoms with E-state index in [0.717, 1.165) is 16.7 Å². The van der Waals surface area contributed by atoms with Gasteiger partial charge >= 0.3 is 5.97 Å². The third-order valence-electron chi connectivity index (χ3n) is 4.14. The fourth-order valence-electron chi connectivity index (χ4n) is 2.77. The smallest absolute Gasteiger partial charge is 0.342 e. The minimum absolute atomic E-state index is 0.307. The number of benzene rings is 2. The molecule has 0 aliphatic carbocycles. The fourth-order valence-corrected chi connectivity index (χ4v) is 2.77. The van der Waals surface area contributed by atoms with E-state index in [9.17, 15) is 4.79 Å². The zero-order valence-corrected chi connectivity index (χ0v) is 15.8. The van der Waals surface area contributed by atoms with E-state index in [0.29, 0.717) is 29.4 Å². The number of aromatic nitrogens is 2. The van der Waals surface area contributed by atoms with Crippen LogP contribution in [0.4, 0.5) is 0 Å². The maximum Gasteiger partial charge on any atom is 0.342 e. The summed E-state index contributed by atoms with van der Waals surface area (Å²) in [5.41, 5.74) is 4.68. The van der Waals surface area contributed by atoms with Gasteiger partial charge in [0.15, 0.2) is 5.82 Å². The van der Waals surface area contributed by atoms with Crippen LogP contribution in [0.1, 0.15) is 39.9 Å². The highest BCUT2D eigenvalue weighted by Gasteiger charge is 2.20. The molecule has 1 heterocycles. The summed E-state index contributed by atoms with van der Waals surface area (Å²) in [4.78, 5) is 21.6. The first-order chi connectivity index (χ1) is 13.1. The molecule has 2 aromatic carbocycles. The normalized spacial score (nSPS) is 10.9. The molecule has 136 valence electrons. The van der Waals surface area contributed by atoms with E-state index in [2.05, 4.69) is 9.97 Å². The molecule has 0 aliphatic rings. The molecular formula is C23H22N2O2. The zero-order valence-electron chi connectivity index (χ0n) is 15.8. The van der Waals surface area contributed by atoms with Crippen LogP contribution in [0.15, 0.2) is 54.6 Å². The Bertz CT molecular complexity index is 962. The van der Waals surface area contributed by atoms with Gasteiger partial charge in [-0.2, -0.15) is 0 Å². The quantitative estimate of drug-likeness (QED) is 0.595. The van der Waals surface area contributed by atoms with Crippen LogP contribution in [0, 0.1) is 13.8 Å². The van der Waals surface area contributed by atoms with Crippen molar-refractivity contribution in [1.82, 2.24) is 9.97 Å². The van der Waals surface area contributed by atoms with Crippen molar-refractivity contribution >= 4 is 18.1 Å². The lowest BCUT2D eigenvalue weighted by molar-refractivity contribution is 0.0525. The number of hydrogen-bond acceptors (Lipinski definition) is 4. The summed E-state index contributed by atoms with van der Waals surface area (Å²) in [5, 5.41) is 0. The van der Waals surface area contributed by atoms with Crippen molar-refractivity contribution in [3.8, 4) is 11.3 Å². The Morgan fingerprint density at radius 3 is 2.33 bits per heavy atom. The summed E-state index contributed by atoms with van der Waals surface area (Å²) in [6.07, 6.45) is 3.81. The minimum Gasteiger partial charge on any atom is -0.462 e. The lowest BCUT2D eigenvalue weighted by Gasteiger charge is -2.12. The number of rotatable bonds is 5. The SMILES string of the molecule is CCOC(=O)c1c(C)nc(/C=C/c2ccccc2)nc1-c1ccc(C)cc1. The number of carbonyl (C=O) groups is 1. The van der Waals surface area contributed by atoms with Crippen LogP contribution in [0.2, 0.25) is 0 Å². The number of aryl methyl sites for hydroxylation is 2. The highest BCUT2D eigenvalue weighted by atomic mass is 16.5. The second-order valence-corrected chi connectivity index (χ2v) is 6.22. The zero-order chi connectivity index (χ0) is 19.2. The summed E-state index contributed by atoms with van der Waals surface area (Å²) in [6, 6.07) is 17.9. The Hall–Kier alpha value is -3.27. The monoisotopic (exact) mass is 358 g/mol. The second kappa shape index (κ2) is 8.41. The molecular weight excluding hydrogens is 336 g/mol. The van der Waals surface area contributed by atoms with Gasteiger partial charge in [-0.1, -0.05) is 66.2 Å². The van der Waals surface area contributed by atoms with Crippen molar-refractivity contribution in [2.45, 2.75) is 20.8 Å². The molecule has 0 spiro atoms. The first kappa shape index (κ1) is 18.5. The Kier molecular flexibility index (Phi) is 5.77. The maximum absolute atomic E-state index is 12.5. The molecule has 0 bridgehead atoms. The molecule has 3 aromatic rings. The summed E-state index contributed by atoms with van der Waals surface area (Å²) in [7, 11) is 0. The molecule has 1 aromatic heterocycles. The van der Waals surface area contributed by atoms with Crippen molar-refractivity contribution in [2.24, 2.45) is 0 Å². The van der Waals surface area contributed by atoms with Crippen LogP contribution in [0.25, 0.3) is 23.4 Å². The lowest BCUT2D eigenvalue weighted by Crippen LogP contribution is -2.12. The Labute approximate surface area is 159 Å². The third-order valence-corrected chi connectivity index (χ3v) is 4.14. The van der Waals surface area contributed by atoms with Gasteiger partial charge in [0.1, 0.15) is 5.56 Å². The van der Waals surface area contributed by atoms with Crippen molar-refractivity contribution in [3.05, 3.63) is 82.8 Å². The highest BCUT2D eigenvalue weighted by molar-refractivity contribution is 5.97. The van der Waals surface area contributed by atoms with Crippen molar-refractivity contribution in [1.29, 1.82) is 0 Å².